The van der Waals surface area contributed by atoms with Gasteiger partial charge in [-0.15, -0.1) is 0 Å². The summed E-state index contributed by atoms with van der Waals surface area (Å²) in [7, 11) is 0. The molecule has 92 valence electrons. The van der Waals surface area contributed by atoms with Crippen molar-refractivity contribution in [3.05, 3.63) is 30.3 Å². The Morgan fingerprint density at radius 3 is 2.59 bits per heavy atom. The number of urea groups is 1. The molecule has 2 rings (SSSR count). The molecule has 0 heterocycles. The van der Waals surface area contributed by atoms with Crippen molar-refractivity contribution in [2.45, 2.75) is 37.8 Å². The van der Waals surface area contributed by atoms with Crippen LogP contribution in [0.25, 0.3) is 0 Å². The maximum Gasteiger partial charge on any atom is 0.319 e. The predicted octanol–water partition coefficient (Wildman–Crippen LogP) is 2.11. The molecule has 0 unspecified atom stereocenters. The summed E-state index contributed by atoms with van der Waals surface area (Å²) >= 11 is 0. The van der Waals surface area contributed by atoms with Crippen LogP contribution in [0, 0.1) is 0 Å². The molecule has 17 heavy (non-hydrogen) atoms. The van der Waals surface area contributed by atoms with Gasteiger partial charge in [0, 0.05) is 5.69 Å². The normalized spacial score (nSPS) is 24.1. The van der Waals surface area contributed by atoms with Gasteiger partial charge in [-0.3, -0.25) is 0 Å². The number of benzene rings is 1. The van der Waals surface area contributed by atoms with Crippen LogP contribution in [0.1, 0.15) is 25.7 Å². The van der Waals surface area contributed by atoms with Gasteiger partial charge in [0.15, 0.2) is 0 Å². The zero-order valence-electron chi connectivity index (χ0n) is 9.73. The van der Waals surface area contributed by atoms with Crippen molar-refractivity contribution in [3.63, 3.8) is 0 Å². The van der Waals surface area contributed by atoms with Gasteiger partial charge in [0.05, 0.1) is 12.1 Å². The van der Waals surface area contributed by atoms with E-state index in [9.17, 15) is 9.90 Å². The van der Waals surface area contributed by atoms with Crippen LogP contribution in [0.2, 0.25) is 0 Å². The number of hydrogen-bond donors (Lipinski definition) is 3. The summed E-state index contributed by atoms with van der Waals surface area (Å²) < 4.78 is 0. The molecule has 1 fully saturated rings. The zero-order valence-corrected chi connectivity index (χ0v) is 9.73. The van der Waals surface area contributed by atoms with Gasteiger partial charge in [0.1, 0.15) is 0 Å². The van der Waals surface area contributed by atoms with Crippen molar-refractivity contribution < 1.29 is 9.90 Å². The largest absolute Gasteiger partial charge is 0.391 e. The van der Waals surface area contributed by atoms with E-state index in [0.717, 1.165) is 31.4 Å². The molecule has 1 aliphatic carbocycles. The third-order valence-corrected chi connectivity index (χ3v) is 3.08. The molecule has 4 nitrogen and oxygen atoms in total. The number of amides is 2. The van der Waals surface area contributed by atoms with Gasteiger partial charge in [-0.25, -0.2) is 4.79 Å². The van der Waals surface area contributed by atoms with Crippen LogP contribution in [0.15, 0.2) is 30.3 Å². The minimum absolute atomic E-state index is 0.118. The maximum atomic E-state index is 11.7. The Bertz CT molecular complexity index is 367. The van der Waals surface area contributed by atoms with E-state index in [1.165, 1.54) is 0 Å². The molecule has 0 aromatic heterocycles. The molecule has 1 aromatic carbocycles. The van der Waals surface area contributed by atoms with Gasteiger partial charge >= 0.3 is 6.03 Å². The predicted molar refractivity (Wildman–Crippen MR) is 66.9 cm³/mol. The lowest BCUT2D eigenvalue weighted by Crippen LogP contribution is -2.46. The van der Waals surface area contributed by atoms with Gasteiger partial charge in [0.25, 0.3) is 0 Å². The van der Waals surface area contributed by atoms with Gasteiger partial charge in [-0.2, -0.15) is 0 Å². The van der Waals surface area contributed by atoms with Crippen LogP contribution in [0.3, 0.4) is 0 Å². The SMILES string of the molecule is O=C(Nc1ccccc1)N[C@H]1CCCC[C@H]1O. The van der Waals surface area contributed by atoms with Crippen molar-refractivity contribution >= 4 is 11.7 Å². The molecule has 0 aliphatic heterocycles. The Morgan fingerprint density at radius 2 is 1.88 bits per heavy atom. The van der Waals surface area contributed by atoms with Crippen molar-refractivity contribution in [2.24, 2.45) is 0 Å². The summed E-state index contributed by atoms with van der Waals surface area (Å²) in [4.78, 5) is 11.7. The number of nitrogens with one attached hydrogen (secondary N) is 2. The van der Waals surface area contributed by atoms with Crippen molar-refractivity contribution in [1.29, 1.82) is 0 Å². The summed E-state index contributed by atoms with van der Waals surface area (Å²) in [6.45, 7) is 0. The Kier molecular flexibility index (Phi) is 3.98. The minimum Gasteiger partial charge on any atom is -0.391 e. The average Bonchev–Trinajstić information content (AvgIpc) is 2.33. The van der Waals surface area contributed by atoms with E-state index >= 15 is 0 Å². The highest BCUT2D eigenvalue weighted by Gasteiger charge is 2.24. The Morgan fingerprint density at radius 1 is 1.18 bits per heavy atom. The number of rotatable bonds is 2. The first-order valence-electron chi connectivity index (χ1n) is 6.06. The topological polar surface area (TPSA) is 61.4 Å². The molecule has 1 saturated carbocycles. The molecule has 0 bridgehead atoms. The van der Waals surface area contributed by atoms with Crippen LogP contribution in [-0.4, -0.2) is 23.3 Å². The summed E-state index contributed by atoms with van der Waals surface area (Å²) in [5, 5.41) is 15.3. The Labute approximate surface area is 101 Å². The van der Waals surface area contributed by atoms with Gasteiger partial charge in [-0.1, -0.05) is 31.0 Å². The van der Waals surface area contributed by atoms with Gasteiger partial charge in [0.2, 0.25) is 0 Å². The van der Waals surface area contributed by atoms with Crippen LogP contribution < -0.4 is 10.6 Å². The summed E-state index contributed by atoms with van der Waals surface area (Å²) in [6.07, 6.45) is 3.32. The fraction of sp³-hybridized carbons (Fsp3) is 0.462. The summed E-state index contributed by atoms with van der Waals surface area (Å²) in [5.41, 5.74) is 0.760. The highest BCUT2D eigenvalue weighted by Crippen LogP contribution is 2.18. The second-order valence-corrected chi connectivity index (χ2v) is 4.42. The first-order valence-corrected chi connectivity index (χ1v) is 6.06. The van der Waals surface area contributed by atoms with E-state index in [1.54, 1.807) is 0 Å². The fourth-order valence-electron chi connectivity index (χ4n) is 2.14. The van der Waals surface area contributed by atoms with E-state index in [4.69, 9.17) is 0 Å². The zero-order chi connectivity index (χ0) is 12.1. The molecule has 2 amide bonds. The number of para-hydroxylation sites is 1. The van der Waals surface area contributed by atoms with Crippen LogP contribution >= 0.6 is 0 Å². The molecule has 3 N–H and O–H groups in total. The third-order valence-electron chi connectivity index (χ3n) is 3.08. The van der Waals surface area contributed by atoms with E-state index in [1.807, 2.05) is 30.3 Å². The van der Waals surface area contributed by atoms with Crippen molar-refractivity contribution in [1.82, 2.24) is 5.32 Å². The van der Waals surface area contributed by atoms with E-state index in [2.05, 4.69) is 10.6 Å². The quantitative estimate of drug-likeness (QED) is 0.734. The first kappa shape index (κ1) is 11.9. The minimum atomic E-state index is -0.412. The number of anilines is 1. The van der Waals surface area contributed by atoms with Crippen molar-refractivity contribution in [3.8, 4) is 0 Å². The molecule has 0 radical (unpaired) electrons. The third kappa shape index (κ3) is 3.46. The van der Waals surface area contributed by atoms with Crippen LogP contribution in [-0.2, 0) is 0 Å². The maximum absolute atomic E-state index is 11.7. The standard InChI is InChI=1S/C13H18N2O2/c16-12-9-5-4-8-11(12)15-13(17)14-10-6-2-1-3-7-10/h1-3,6-7,11-12,16H,4-5,8-9H2,(H2,14,15,17)/t11-,12+/m0/s1. The highest BCUT2D eigenvalue weighted by molar-refractivity contribution is 5.89. The van der Waals surface area contributed by atoms with Crippen LogP contribution in [0.4, 0.5) is 10.5 Å². The van der Waals surface area contributed by atoms with E-state index in [-0.39, 0.29) is 12.1 Å². The average molecular weight is 234 g/mol. The molecular weight excluding hydrogens is 216 g/mol. The van der Waals surface area contributed by atoms with Crippen LogP contribution in [0.5, 0.6) is 0 Å². The monoisotopic (exact) mass is 234 g/mol. The van der Waals surface area contributed by atoms with E-state index in [0.29, 0.717) is 0 Å². The lowest BCUT2D eigenvalue weighted by molar-refractivity contribution is 0.0955. The number of carbonyl (C=O) groups is 1. The highest BCUT2D eigenvalue weighted by atomic mass is 16.3. The Balaban J connectivity index is 1.84. The smallest absolute Gasteiger partial charge is 0.319 e. The lowest BCUT2D eigenvalue weighted by Gasteiger charge is -2.28. The number of aliphatic hydroxyl groups excluding tert-OH is 1. The molecule has 4 heteroatoms. The van der Waals surface area contributed by atoms with Gasteiger partial charge in [-0.05, 0) is 25.0 Å². The molecule has 1 aliphatic rings. The van der Waals surface area contributed by atoms with Crippen molar-refractivity contribution in [2.75, 3.05) is 5.32 Å². The van der Waals surface area contributed by atoms with Gasteiger partial charge < -0.3 is 15.7 Å². The summed E-state index contributed by atoms with van der Waals surface area (Å²) in [6, 6.07) is 8.92. The first-order chi connectivity index (χ1) is 8.25. The molecular formula is C13H18N2O2. The van der Waals surface area contributed by atoms with E-state index < -0.39 is 6.10 Å². The second kappa shape index (κ2) is 5.68. The lowest BCUT2D eigenvalue weighted by atomic mass is 9.93. The molecule has 1 aromatic rings. The number of hydrogen-bond acceptors (Lipinski definition) is 2. The molecule has 2 atom stereocenters. The molecule has 0 saturated heterocycles. The number of carbonyl (C=O) groups excluding carboxylic acids is 1. The second-order valence-electron chi connectivity index (χ2n) is 4.42. The summed E-state index contributed by atoms with van der Waals surface area (Å²) in [5.74, 6) is 0. The fourth-order valence-corrected chi connectivity index (χ4v) is 2.14. The number of aliphatic hydroxyl groups is 1. The Hall–Kier alpha value is -1.55. The molecule has 0 spiro atoms.